The molecule has 4 rings (SSSR count). The molecule has 162 valence electrons. The summed E-state index contributed by atoms with van der Waals surface area (Å²) < 4.78 is 13.7. The first-order valence-electron chi connectivity index (χ1n) is 11.0. The first-order valence-corrected chi connectivity index (χ1v) is 11.0. The topological polar surface area (TPSA) is 62.5 Å². The summed E-state index contributed by atoms with van der Waals surface area (Å²) in [5.41, 5.74) is 4.77. The summed E-state index contributed by atoms with van der Waals surface area (Å²) in [6.07, 6.45) is 0.984. The maximum atomic E-state index is 9.96. The molecule has 0 bridgehead atoms. The van der Waals surface area contributed by atoms with E-state index in [4.69, 9.17) is 9.47 Å². The Hall–Kier alpha value is -3.01. The number of hydrogen-bond acceptors (Lipinski definition) is 5. The zero-order valence-corrected chi connectivity index (χ0v) is 18.4. The van der Waals surface area contributed by atoms with Crippen LogP contribution in [-0.4, -0.2) is 56.0 Å². The fourth-order valence-electron chi connectivity index (χ4n) is 4.29. The Morgan fingerprint density at radius 2 is 2.00 bits per heavy atom. The monoisotopic (exact) mass is 418 g/mol. The molecule has 31 heavy (non-hydrogen) atoms. The molecule has 0 amide bonds. The minimum Gasteiger partial charge on any atom is -0.493 e. The van der Waals surface area contributed by atoms with E-state index in [1.807, 2.05) is 31.3 Å². The van der Waals surface area contributed by atoms with Crippen LogP contribution in [0, 0.1) is 11.3 Å². The van der Waals surface area contributed by atoms with Crippen molar-refractivity contribution in [2.24, 2.45) is 0 Å². The van der Waals surface area contributed by atoms with Gasteiger partial charge in [0.1, 0.15) is 11.8 Å². The lowest BCUT2D eigenvalue weighted by molar-refractivity contribution is 0.0358. The zero-order chi connectivity index (χ0) is 21.6. The Morgan fingerprint density at radius 1 is 1.16 bits per heavy atom. The Kier molecular flexibility index (Phi) is 6.76. The molecule has 0 atom stereocenters. The lowest BCUT2D eigenvalue weighted by Gasteiger charge is -2.26. The van der Waals surface area contributed by atoms with E-state index >= 15 is 0 Å². The molecule has 2 aromatic carbocycles. The molecule has 1 N–H and O–H groups in total. The molecule has 6 heteroatoms. The van der Waals surface area contributed by atoms with Gasteiger partial charge in [0.15, 0.2) is 0 Å². The number of hydrogen-bond donors (Lipinski definition) is 1. The average molecular weight is 419 g/mol. The van der Waals surface area contributed by atoms with Crippen LogP contribution >= 0.6 is 0 Å². The second kappa shape index (κ2) is 9.86. The number of morpholine rings is 1. The summed E-state index contributed by atoms with van der Waals surface area (Å²) in [5, 5.41) is 14.1. The first kappa shape index (κ1) is 21.2. The van der Waals surface area contributed by atoms with Crippen molar-refractivity contribution in [2.45, 2.75) is 19.9 Å². The van der Waals surface area contributed by atoms with Crippen molar-refractivity contribution in [1.29, 1.82) is 5.26 Å². The highest BCUT2D eigenvalue weighted by molar-refractivity contribution is 5.95. The molecule has 1 aliphatic rings. The number of ether oxygens (including phenoxy) is 2. The Labute approximate surface area is 184 Å². The van der Waals surface area contributed by atoms with Gasteiger partial charge in [0, 0.05) is 55.9 Å². The molecule has 0 saturated carbocycles. The fraction of sp³-hybridized carbons (Fsp3) is 0.400. The summed E-state index contributed by atoms with van der Waals surface area (Å²) in [7, 11) is 1.91. The number of aromatic nitrogens is 1. The van der Waals surface area contributed by atoms with E-state index in [9.17, 15) is 5.26 Å². The number of nitrogens with one attached hydrogen (secondary N) is 1. The number of rotatable bonds is 8. The van der Waals surface area contributed by atoms with Gasteiger partial charge in [-0.05, 0) is 37.6 Å². The largest absolute Gasteiger partial charge is 0.493 e. The highest BCUT2D eigenvalue weighted by Crippen LogP contribution is 2.36. The van der Waals surface area contributed by atoms with Crippen LogP contribution in [0.3, 0.4) is 0 Å². The van der Waals surface area contributed by atoms with Crippen LogP contribution in [0.1, 0.15) is 18.9 Å². The number of nitrogens with zero attached hydrogens (tertiary/aromatic N) is 3. The standard InChI is InChI=1S/C25H30N4O2/c1-3-29-24-17-21(31-13-5-10-28-11-14-30-15-12-28)8-9-22(24)23(18-26)25(29)19-6-4-7-20(16-19)27-2/h4,6-9,16-17,27H,3,5,10-15H2,1-2H3. The molecule has 0 unspecified atom stereocenters. The van der Waals surface area contributed by atoms with Gasteiger partial charge >= 0.3 is 0 Å². The summed E-state index contributed by atoms with van der Waals surface area (Å²) in [4.78, 5) is 2.42. The van der Waals surface area contributed by atoms with Gasteiger partial charge in [0.2, 0.25) is 0 Å². The molecule has 3 aromatic rings. The lowest BCUT2D eigenvalue weighted by Crippen LogP contribution is -2.37. The van der Waals surface area contributed by atoms with E-state index in [-0.39, 0.29) is 0 Å². The normalized spacial score (nSPS) is 14.5. The van der Waals surface area contributed by atoms with E-state index in [1.54, 1.807) is 0 Å². The third-order valence-electron chi connectivity index (χ3n) is 5.88. The lowest BCUT2D eigenvalue weighted by atomic mass is 10.1. The summed E-state index contributed by atoms with van der Waals surface area (Å²) in [6.45, 7) is 8.26. The molecule has 0 spiro atoms. The number of benzene rings is 2. The minimum absolute atomic E-state index is 0.678. The van der Waals surface area contributed by atoms with Gasteiger partial charge in [-0.25, -0.2) is 0 Å². The van der Waals surface area contributed by atoms with E-state index in [0.717, 1.165) is 79.4 Å². The Bertz CT molecular complexity index is 1080. The van der Waals surface area contributed by atoms with Gasteiger partial charge in [-0.3, -0.25) is 4.90 Å². The van der Waals surface area contributed by atoms with Crippen molar-refractivity contribution in [3.8, 4) is 23.1 Å². The van der Waals surface area contributed by atoms with Crippen LogP contribution in [0.15, 0.2) is 42.5 Å². The van der Waals surface area contributed by atoms with Crippen molar-refractivity contribution in [2.75, 3.05) is 51.8 Å². The molecule has 0 aliphatic carbocycles. The van der Waals surface area contributed by atoms with Crippen LogP contribution in [0.4, 0.5) is 5.69 Å². The van der Waals surface area contributed by atoms with Crippen LogP contribution in [0.25, 0.3) is 22.2 Å². The summed E-state index contributed by atoms with van der Waals surface area (Å²) >= 11 is 0. The van der Waals surface area contributed by atoms with Gasteiger partial charge in [-0.15, -0.1) is 0 Å². The number of fused-ring (bicyclic) bond motifs is 1. The number of aryl methyl sites for hydroxylation is 1. The fourth-order valence-corrected chi connectivity index (χ4v) is 4.29. The number of anilines is 1. The number of nitriles is 1. The third kappa shape index (κ3) is 4.53. The molecule has 1 fully saturated rings. The predicted molar refractivity (Wildman–Crippen MR) is 125 cm³/mol. The second-order valence-corrected chi connectivity index (χ2v) is 7.75. The van der Waals surface area contributed by atoms with E-state index in [2.05, 4.69) is 46.0 Å². The average Bonchev–Trinajstić information content (AvgIpc) is 3.15. The molecule has 6 nitrogen and oxygen atoms in total. The summed E-state index contributed by atoms with van der Waals surface area (Å²) in [5.74, 6) is 0.849. The van der Waals surface area contributed by atoms with Gasteiger partial charge in [0.05, 0.1) is 36.6 Å². The van der Waals surface area contributed by atoms with E-state index in [1.165, 1.54) is 0 Å². The van der Waals surface area contributed by atoms with Crippen LogP contribution in [-0.2, 0) is 11.3 Å². The van der Waals surface area contributed by atoms with Crippen molar-refractivity contribution < 1.29 is 9.47 Å². The molecule has 1 aromatic heterocycles. The van der Waals surface area contributed by atoms with Crippen molar-refractivity contribution in [3.63, 3.8) is 0 Å². The van der Waals surface area contributed by atoms with Crippen molar-refractivity contribution in [1.82, 2.24) is 9.47 Å². The highest BCUT2D eigenvalue weighted by atomic mass is 16.5. The van der Waals surface area contributed by atoms with Gasteiger partial charge in [-0.1, -0.05) is 12.1 Å². The zero-order valence-electron chi connectivity index (χ0n) is 18.4. The molecular weight excluding hydrogens is 388 g/mol. The van der Waals surface area contributed by atoms with Crippen molar-refractivity contribution >= 4 is 16.6 Å². The quantitative estimate of drug-likeness (QED) is 0.551. The van der Waals surface area contributed by atoms with Gasteiger partial charge in [0.25, 0.3) is 0 Å². The predicted octanol–water partition coefficient (Wildman–Crippen LogP) is 4.34. The second-order valence-electron chi connectivity index (χ2n) is 7.75. The SMILES string of the molecule is CCn1c(-c2cccc(NC)c2)c(C#N)c2ccc(OCCCN3CCOCC3)cc21. The molecule has 2 heterocycles. The van der Waals surface area contributed by atoms with Crippen LogP contribution in [0.2, 0.25) is 0 Å². The van der Waals surface area contributed by atoms with Crippen LogP contribution < -0.4 is 10.1 Å². The highest BCUT2D eigenvalue weighted by Gasteiger charge is 2.19. The van der Waals surface area contributed by atoms with Crippen molar-refractivity contribution in [3.05, 3.63) is 48.0 Å². The van der Waals surface area contributed by atoms with E-state index in [0.29, 0.717) is 12.2 Å². The first-order chi connectivity index (χ1) is 15.2. The van der Waals surface area contributed by atoms with Gasteiger partial charge in [-0.2, -0.15) is 5.26 Å². The molecular formula is C25H30N4O2. The molecule has 1 saturated heterocycles. The van der Waals surface area contributed by atoms with Gasteiger partial charge < -0.3 is 19.4 Å². The molecule has 1 aliphatic heterocycles. The summed E-state index contributed by atoms with van der Waals surface area (Å²) in [6, 6.07) is 16.7. The third-order valence-corrected chi connectivity index (χ3v) is 5.88. The minimum atomic E-state index is 0.678. The maximum absolute atomic E-state index is 9.96. The maximum Gasteiger partial charge on any atom is 0.121 e. The van der Waals surface area contributed by atoms with E-state index < -0.39 is 0 Å². The Balaban J connectivity index is 1.58. The Morgan fingerprint density at radius 3 is 2.74 bits per heavy atom. The van der Waals surface area contributed by atoms with Crippen LogP contribution in [0.5, 0.6) is 5.75 Å². The molecule has 0 radical (unpaired) electrons. The smallest absolute Gasteiger partial charge is 0.121 e.